The number of thiophene rings is 2. The maximum Gasteiger partial charge on any atom is 0.415 e. The second-order valence-electron chi connectivity index (χ2n) is 9.41. The normalized spacial score (nSPS) is 16.5. The second kappa shape index (κ2) is 12.5. The van der Waals surface area contributed by atoms with Gasteiger partial charge in [0.1, 0.15) is 5.76 Å². The highest BCUT2D eigenvalue weighted by Crippen LogP contribution is 2.34. The fourth-order valence-electron chi connectivity index (χ4n) is 4.62. The van der Waals surface area contributed by atoms with E-state index in [0.717, 1.165) is 43.5 Å². The number of carbonyl (C=O) groups is 1. The maximum atomic E-state index is 12.5. The first-order valence-electron chi connectivity index (χ1n) is 12.6. The average Bonchev–Trinajstić information content (AvgIpc) is 3.58. The zero-order valence-corrected chi connectivity index (χ0v) is 23.0. The summed E-state index contributed by atoms with van der Waals surface area (Å²) in [5.74, 6) is 0.825. The highest BCUT2D eigenvalue weighted by atomic mass is 35.5. The monoisotopic (exact) mass is 558 g/mol. The number of morpholine rings is 1. The number of aliphatic hydroxyl groups is 1. The van der Waals surface area contributed by atoms with Crippen molar-refractivity contribution in [2.24, 2.45) is 0 Å². The largest absolute Gasteiger partial charge is 0.511 e. The molecule has 196 valence electrons. The Hall–Kier alpha value is -2.36. The van der Waals surface area contributed by atoms with Crippen molar-refractivity contribution in [1.29, 1.82) is 0 Å². The highest BCUT2D eigenvalue weighted by Gasteiger charge is 2.29. The summed E-state index contributed by atoms with van der Waals surface area (Å²) < 4.78 is 10.9. The van der Waals surface area contributed by atoms with E-state index >= 15 is 0 Å². The molecule has 2 fully saturated rings. The SMILES string of the molecule is O=C(Oc1ccc(CC(C(O)=C2CCC2)N(Cc2ccsc2)Cc2cccs2)cc1Cl)N1CCOCC1. The van der Waals surface area contributed by atoms with Crippen molar-refractivity contribution in [2.45, 2.75) is 44.8 Å². The molecular weight excluding hydrogens is 528 g/mol. The van der Waals surface area contributed by atoms with Crippen LogP contribution in [0.3, 0.4) is 0 Å². The summed E-state index contributed by atoms with van der Waals surface area (Å²) in [6.07, 6.45) is 3.20. The summed E-state index contributed by atoms with van der Waals surface area (Å²) >= 11 is 10.00. The van der Waals surface area contributed by atoms with Crippen LogP contribution in [-0.2, 0) is 24.2 Å². The summed E-state index contributed by atoms with van der Waals surface area (Å²) in [6, 6.07) is 11.7. The van der Waals surface area contributed by atoms with Gasteiger partial charge in [0.15, 0.2) is 5.75 Å². The number of ether oxygens (including phenoxy) is 2. The zero-order chi connectivity index (χ0) is 25.6. The van der Waals surface area contributed by atoms with Gasteiger partial charge in [0.25, 0.3) is 0 Å². The van der Waals surface area contributed by atoms with Crippen LogP contribution in [0.5, 0.6) is 5.75 Å². The summed E-state index contributed by atoms with van der Waals surface area (Å²) in [6.45, 7) is 3.53. The molecule has 1 aliphatic carbocycles. The fourth-order valence-corrected chi connectivity index (χ4v) is 6.25. The molecule has 5 rings (SSSR count). The lowest BCUT2D eigenvalue weighted by molar-refractivity contribution is 0.0416. The van der Waals surface area contributed by atoms with Crippen LogP contribution in [0.1, 0.15) is 35.3 Å². The van der Waals surface area contributed by atoms with E-state index in [1.807, 2.05) is 12.1 Å². The van der Waals surface area contributed by atoms with Gasteiger partial charge in [-0.15, -0.1) is 11.3 Å². The Bertz CT molecular complexity index is 1160. The molecule has 9 heteroatoms. The molecule has 37 heavy (non-hydrogen) atoms. The van der Waals surface area contributed by atoms with E-state index in [1.165, 1.54) is 10.4 Å². The van der Waals surface area contributed by atoms with Gasteiger partial charge in [0.2, 0.25) is 0 Å². The van der Waals surface area contributed by atoms with E-state index in [9.17, 15) is 9.90 Å². The summed E-state index contributed by atoms with van der Waals surface area (Å²) in [4.78, 5) is 17.8. The van der Waals surface area contributed by atoms with Gasteiger partial charge in [-0.25, -0.2) is 4.79 Å². The quantitative estimate of drug-likeness (QED) is 0.289. The number of amides is 1. The molecule has 1 aromatic carbocycles. The Labute approximate surface area is 230 Å². The number of carbonyl (C=O) groups excluding carboxylic acids is 1. The number of hydrogen-bond acceptors (Lipinski definition) is 7. The van der Waals surface area contributed by atoms with Gasteiger partial charge >= 0.3 is 6.09 Å². The number of rotatable bonds is 9. The van der Waals surface area contributed by atoms with Crippen LogP contribution in [0.15, 0.2) is 63.9 Å². The lowest BCUT2D eigenvalue weighted by atomic mass is 9.87. The predicted molar refractivity (Wildman–Crippen MR) is 149 cm³/mol. The molecule has 2 aliphatic rings. The van der Waals surface area contributed by atoms with E-state index in [2.05, 4.69) is 39.2 Å². The molecule has 1 amide bonds. The van der Waals surface area contributed by atoms with Crippen LogP contribution < -0.4 is 4.74 Å². The number of benzene rings is 1. The summed E-state index contributed by atoms with van der Waals surface area (Å²) in [5, 5.41) is 18.2. The Kier molecular flexibility index (Phi) is 8.84. The van der Waals surface area contributed by atoms with Gasteiger partial charge in [0.05, 0.1) is 24.3 Å². The number of halogens is 1. The average molecular weight is 559 g/mol. The van der Waals surface area contributed by atoms with Gasteiger partial charge in [0, 0.05) is 31.1 Å². The molecule has 1 saturated heterocycles. The molecule has 0 radical (unpaired) electrons. The molecule has 2 aromatic heterocycles. The van der Waals surface area contributed by atoms with E-state index in [0.29, 0.717) is 49.3 Å². The number of allylic oxidation sites excluding steroid dienone is 1. The van der Waals surface area contributed by atoms with Gasteiger partial charge < -0.3 is 19.5 Å². The maximum absolute atomic E-state index is 12.5. The van der Waals surface area contributed by atoms with Gasteiger partial charge in [-0.1, -0.05) is 23.7 Å². The first kappa shape index (κ1) is 26.3. The summed E-state index contributed by atoms with van der Waals surface area (Å²) in [7, 11) is 0. The molecule has 1 unspecified atom stereocenters. The number of hydrogen-bond donors (Lipinski definition) is 1. The van der Waals surface area contributed by atoms with Crippen molar-refractivity contribution >= 4 is 40.4 Å². The molecule has 1 aliphatic heterocycles. The smallest absolute Gasteiger partial charge is 0.415 e. The molecule has 1 saturated carbocycles. The summed E-state index contributed by atoms with van der Waals surface area (Å²) in [5.41, 5.74) is 3.36. The van der Waals surface area contributed by atoms with Crippen molar-refractivity contribution in [3.8, 4) is 5.75 Å². The van der Waals surface area contributed by atoms with E-state index in [4.69, 9.17) is 21.1 Å². The molecule has 3 heterocycles. The van der Waals surface area contributed by atoms with Crippen molar-refractivity contribution in [2.75, 3.05) is 26.3 Å². The number of aliphatic hydroxyl groups excluding tert-OH is 1. The lowest BCUT2D eigenvalue weighted by Crippen LogP contribution is -2.42. The minimum Gasteiger partial charge on any atom is -0.511 e. The van der Waals surface area contributed by atoms with E-state index < -0.39 is 6.09 Å². The Morgan fingerprint density at radius 2 is 1.97 bits per heavy atom. The lowest BCUT2D eigenvalue weighted by Gasteiger charge is -2.34. The second-order valence-corrected chi connectivity index (χ2v) is 11.6. The minimum atomic E-state index is -0.416. The third-order valence-electron chi connectivity index (χ3n) is 6.87. The highest BCUT2D eigenvalue weighted by molar-refractivity contribution is 7.09. The minimum absolute atomic E-state index is 0.185. The molecular formula is C28H31ClN2O4S2. The standard InChI is InChI=1S/C28H31ClN2O4S2/c29-24-15-20(6-7-26(24)35-28(33)30-9-11-34-12-10-30)16-25(27(32)22-3-1-4-22)31(17-21-8-14-36-19-21)18-23-5-2-13-37-23/h2,5-8,13-15,19,25,32H,1,3-4,9-12,16-18H2. The third kappa shape index (κ3) is 6.75. The molecule has 1 N–H and O–H groups in total. The molecule has 6 nitrogen and oxygen atoms in total. The fraction of sp³-hybridized carbons (Fsp3) is 0.393. The molecule has 3 aromatic rings. The number of nitrogens with zero attached hydrogens (tertiary/aromatic N) is 2. The first-order valence-corrected chi connectivity index (χ1v) is 14.8. The van der Waals surface area contributed by atoms with Crippen LogP contribution in [0.4, 0.5) is 4.79 Å². The predicted octanol–water partition coefficient (Wildman–Crippen LogP) is 6.90. The van der Waals surface area contributed by atoms with E-state index in [-0.39, 0.29) is 6.04 Å². The Morgan fingerprint density at radius 1 is 1.14 bits per heavy atom. The Morgan fingerprint density at radius 3 is 2.62 bits per heavy atom. The van der Waals surface area contributed by atoms with Crippen molar-refractivity contribution in [1.82, 2.24) is 9.80 Å². The Balaban J connectivity index is 1.37. The van der Waals surface area contributed by atoms with Crippen LogP contribution in [-0.4, -0.2) is 53.3 Å². The van der Waals surface area contributed by atoms with Crippen molar-refractivity contribution < 1.29 is 19.4 Å². The molecule has 0 bridgehead atoms. The van der Waals surface area contributed by atoms with Crippen LogP contribution >= 0.6 is 34.3 Å². The topological polar surface area (TPSA) is 62.2 Å². The van der Waals surface area contributed by atoms with Crippen LogP contribution in [0, 0.1) is 0 Å². The third-order valence-corrected chi connectivity index (χ3v) is 8.76. The first-order chi connectivity index (χ1) is 18.1. The van der Waals surface area contributed by atoms with Gasteiger partial charge in [-0.05, 0) is 82.8 Å². The van der Waals surface area contributed by atoms with Crippen LogP contribution in [0.25, 0.3) is 0 Å². The zero-order valence-electron chi connectivity index (χ0n) is 20.6. The molecule has 0 spiro atoms. The van der Waals surface area contributed by atoms with Gasteiger partial charge in [-0.3, -0.25) is 4.90 Å². The van der Waals surface area contributed by atoms with Crippen molar-refractivity contribution in [3.63, 3.8) is 0 Å². The van der Waals surface area contributed by atoms with Gasteiger partial charge in [-0.2, -0.15) is 11.3 Å². The van der Waals surface area contributed by atoms with Crippen molar-refractivity contribution in [3.05, 3.63) is 84.9 Å². The van der Waals surface area contributed by atoms with E-state index in [1.54, 1.807) is 33.6 Å². The molecule has 1 atom stereocenters. The van der Waals surface area contributed by atoms with Crippen LogP contribution in [0.2, 0.25) is 5.02 Å².